The van der Waals surface area contributed by atoms with Crippen molar-refractivity contribution in [3.63, 3.8) is 0 Å². The second-order valence-electron chi connectivity index (χ2n) is 3.56. The molecule has 1 unspecified atom stereocenters. The smallest absolute Gasteiger partial charge is 0.260 e. The van der Waals surface area contributed by atoms with Crippen LogP contribution in [-0.4, -0.2) is 18.9 Å². The molecule has 0 radical (unpaired) electrons. The lowest BCUT2D eigenvalue weighted by molar-refractivity contribution is 0.0130. The molecule has 3 nitrogen and oxygen atoms in total. The maximum atomic E-state index is 12.6. The molecule has 0 fully saturated rings. The predicted molar refractivity (Wildman–Crippen MR) is 66.0 cm³/mol. The Bertz CT molecular complexity index is 437. The molecule has 104 valence electrons. The van der Waals surface area contributed by atoms with Crippen molar-refractivity contribution < 1.29 is 25.6 Å². The number of rotatable bonds is 3. The summed E-state index contributed by atoms with van der Waals surface area (Å²) >= 11 is 3.24. The van der Waals surface area contributed by atoms with Gasteiger partial charge < -0.3 is 0 Å². The molecule has 0 aromatic heterocycles. The summed E-state index contributed by atoms with van der Waals surface area (Å²) in [6, 6.07) is 9.23. The van der Waals surface area contributed by atoms with E-state index in [9.17, 15) is 12.7 Å². The molecule has 1 atom stereocenters. The third-order valence-electron chi connectivity index (χ3n) is 1.70. The van der Waals surface area contributed by atoms with E-state index in [0.717, 1.165) is 12.5 Å². The van der Waals surface area contributed by atoms with Crippen molar-refractivity contribution in [3.8, 4) is 0 Å². The molecule has 1 aromatic carbocycles. The van der Waals surface area contributed by atoms with Crippen molar-refractivity contribution in [2.75, 3.05) is 0 Å². The molecule has 18 heavy (non-hydrogen) atoms. The van der Waals surface area contributed by atoms with E-state index >= 15 is 0 Å². The van der Waals surface area contributed by atoms with E-state index in [1.165, 1.54) is 0 Å². The SMILES string of the molecule is CC(F)(F)CC(Br)c1ccccc1.O=S(=O)(O)F. The lowest BCUT2D eigenvalue weighted by atomic mass is 10.1. The fraction of sp³-hybridized carbons (Fsp3) is 0.400. The Balaban J connectivity index is 0.000000494. The van der Waals surface area contributed by atoms with E-state index in [1.807, 2.05) is 30.3 Å². The summed E-state index contributed by atoms with van der Waals surface area (Å²) < 4.78 is 59.3. The van der Waals surface area contributed by atoms with Crippen molar-refractivity contribution >= 4 is 26.4 Å². The molecule has 1 N–H and O–H groups in total. The Morgan fingerprint density at radius 3 is 2.06 bits per heavy atom. The molecule has 0 aliphatic carbocycles. The lowest BCUT2D eigenvalue weighted by Crippen LogP contribution is -2.12. The summed E-state index contributed by atoms with van der Waals surface area (Å²) in [6.07, 6.45) is -0.170. The molecular weight excluding hydrogens is 337 g/mol. The minimum absolute atomic E-state index is 0.170. The molecule has 1 aromatic rings. The normalized spacial score (nSPS) is 13.4. The van der Waals surface area contributed by atoms with Crippen LogP contribution in [0.3, 0.4) is 0 Å². The summed E-state index contributed by atoms with van der Waals surface area (Å²) in [6.45, 7) is 0.935. The van der Waals surface area contributed by atoms with Gasteiger partial charge >= 0.3 is 10.5 Å². The van der Waals surface area contributed by atoms with Crippen LogP contribution in [0.2, 0.25) is 0 Å². The highest BCUT2D eigenvalue weighted by atomic mass is 79.9. The van der Waals surface area contributed by atoms with Gasteiger partial charge in [-0.25, -0.2) is 8.78 Å². The molecule has 0 aliphatic heterocycles. The molecule has 0 bridgehead atoms. The third-order valence-corrected chi connectivity index (χ3v) is 2.55. The van der Waals surface area contributed by atoms with E-state index in [0.29, 0.717) is 0 Å². The van der Waals surface area contributed by atoms with Crippen LogP contribution in [0.1, 0.15) is 23.7 Å². The van der Waals surface area contributed by atoms with Crippen molar-refractivity contribution in [2.24, 2.45) is 0 Å². The van der Waals surface area contributed by atoms with Crippen LogP contribution in [0.15, 0.2) is 30.3 Å². The number of halogens is 4. The van der Waals surface area contributed by atoms with E-state index in [2.05, 4.69) is 15.9 Å². The maximum absolute atomic E-state index is 12.6. The predicted octanol–water partition coefficient (Wildman–Crippen LogP) is 3.93. The van der Waals surface area contributed by atoms with Gasteiger partial charge in [-0.15, -0.1) is 0 Å². The first-order chi connectivity index (χ1) is 7.99. The molecule has 0 aliphatic rings. The molecule has 0 amide bonds. The summed E-state index contributed by atoms with van der Waals surface area (Å²) in [5.41, 5.74) is 0.893. The third kappa shape index (κ3) is 11.9. The van der Waals surface area contributed by atoms with Crippen molar-refractivity contribution in [2.45, 2.75) is 24.1 Å². The largest absolute Gasteiger partial charge is 0.435 e. The first-order valence-electron chi connectivity index (χ1n) is 4.73. The van der Waals surface area contributed by atoms with Crippen LogP contribution in [0, 0.1) is 0 Å². The number of alkyl halides is 3. The first-order valence-corrected chi connectivity index (χ1v) is 6.98. The molecule has 0 saturated heterocycles. The number of hydrogen-bond donors (Lipinski definition) is 1. The topological polar surface area (TPSA) is 54.4 Å². The second-order valence-corrected chi connectivity index (χ2v) is 5.49. The fourth-order valence-corrected chi connectivity index (χ4v) is 1.97. The summed E-state index contributed by atoms with van der Waals surface area (Å²) in [5, 5.41) is 0. The highest BCUT2D eigenvalue weighted by molar-refractivity contribution is 9.09. The van der Waals surface area contributed by atoms with Gasteiger partial charge in [0, 0.05) is 11.2 Å². The molecular formula is C10H12BrF3O3S. The van der Waals surface area contributed by atoms with Crippen LogP contribution in [-0.2, 0) is 10.5 Å². The van der Waals surface area contributed by atoms with E-state index in [1.54, 1.807) is 0 Å². The minimum atomic E-state index is -5.17. The van der Waals surface area contributed by atoms with Gasteiger partial charge in [0.15, 0.2) is 0 Å². The Hall–Kier alpha value is -0.600. The standard InChI is InChI=1S/C10H11BrF2.FHO3S/c1-10(12,13)7-9(11)8-5-3-2-4-6-8;1-5(2,3)4/h2-6,9H,7H2,1H3;(H,2,3,4). The van der Waals surface area contributed by atoms with Crippen molar-refractivity contribution in [1.82, 2.24) is 0 Å². The van der Waals surface area contributed by atoms with Crippen LogP contribution < -0.4 is 0 Å². The van der Waals surface area contributed by atoms with Crippen LogP contribution >= 0.6 is 15.9 Å². The van der Waals surface area contributed by atoms with E-state index < -0.39 is 16.4 Å². The van der Waals surface area contributed by atoms with Gasteiger partial charge in [0.2, 0.25) is 5.92 Å². The lowest BCUT2D eigenvalue weighted by Gasteiger charge is -2.15. The summed E-state index contributed by atoms with van der Waals surface area (Å²) in [4.78, 5) is -0.270. The fourth-order valence-electron chi connectivity index (χ4n) is 1.09. The zero-order valence-corrected chi connectivity index (χ0v) is 11.8. The highest BCUT2D eigenvalue weighted by Crippen LogP contribution is 2.33. The van der Waals surface area contributed by atoms with Gasteiger partial charge in [-0.05, 0) is 12.5 Å². The molecule has 0 heterocycles. The monoisotopic (exact) mass is 348 g/mol. The van der Waals surface area contributed by atoms with Gasteiger partial charge in [-0.2, -0.15) is 8.42 Å². The van der Waals surface area contributed by atoms with Crippen molar-refractivity contribution in [1.29, 1.82) is 0 Å². The number of hydrogen-bond acceptors (Lipinski definition) is 2. The van der Waals surface area contributed by atoms with Crippen molar-refractivity contribution in [3.05, 3.63) is 35.9 Å². The maximum Gasteiger partial charge on any atom is 0.435 e. The van der Waals surface area contributed by atoms with Crippen LogP contribution in [0.25, 0.3) is 0 Å². The Labute approximate surface area is 112 Å². The molecule has 0 saturated carbocycles. The molecule has 0 spiro atoms. The summed E-state index contributed by atoms with van der Waals surface area (Å²) in [5.74, 6) is -2.62. The van der Waals surface area contributed by atoms with Gasteiger partial charge in [-0.3, -0.25) is 4.55 Å². The van der Waals surface area contributed by atoms with Gasteiger partial charge in [0.1, 0.15) is 0 Å². The van der Waals surface area contributed by atoms with Crippen LogP contribution in [0.4, 0.5) is 12.7 Å². The average molecular weight is 349 g/mol. The zero-order chi connectivity index (χ0) is 14.4. The Morgan fingerprint density at radius 1 is 1.33 bits per heavy atom. The zero-order valence-electron chi connectivity index (χ0n) is 9.36. The van der Waals surface area contributed by atoms with Gasteiger partial charge in [0.25, 0.3) is 0 Å². The number of benzene rings is 1. The minimum Gasteiger partial charge on any atom is -0.260 e. The Kier molecular flexibility index (Phi) is 6.87. The second kappa shape index (κ2) is 7.10. The molecule has 1 rings (SSSR count). The van der Waals surface area contributed by atoms with Gasteiger partial charge in [0.05, 0.1) is 0 Å². The average Bonchev–Trinajstić information content (AvgIpc) is 2.14. The quantitative estimate of drug-likeness (QED) is 0.511. The van der Waals surface area contributed by atoms with E-state index in [-0.39, 0.29) is 11.2 Å². The van der Waals surface area contributed by atoms with Gasteiger partial charge in [-0.1, -0.05) is 50.1 Å². The Morgan fingerprint density at radius 2 is 1.72 bits per heavy atom. The highest BCUT2D eigenvalue weighted by Gasteiger charge is 2.25. The molecule has 8 heteroatoms. The van der Waals surface area contributed by atoms with Crippen LogP contribution in [0.5, 0.6) is 0 Å². The first kappa shape index (κ1) is 17.4. The summed E-state index contributed by atoms with van der Waals surface area (Å²) in [7, 11) is -5.17. The van der Waals surface area contributed by atoms with E-state index in [4.69, 9.17) is 13.0 Å².